The van der Waals surface area contributed by atoms with Crippen LogP contribution < -0.4 is 0 Å². The highest BCUT2D eigenvalue weighted by atomic mass is 32.1. The molecule has 0 aromatic heterocycles. The minimum Gasteiger partial charge on any atom is -0.471 e. The zero-order valence-corrected chi connectivity index (χ0v) is 7.86. The van der Waals surface area contributed by atoms with E-state index >= 15 is 0 Å². The van der Waals surface area contributed by atoms with Crippen molar-refractivity contribution < 1.29 is 4.74 Å². The lowest BCUT2D eigenvalue weighted by atomic mass is 10.2. The molecule has 0 spiro atoms. The highest BCUT2D eigenvalue weighted by Gasteiger charge is 2.00. The molecule has 0 fully saturated rings. The Morgan fingerprint density at radius 1 is 1.50 bits per heavy atom. The minimum absolute atomic E-state index is 0.540. The molecular weight excluding hydrogens is 146 g/mol. The smallest absolute Gasteiger partial charge is 0.258 e. The first-order valence-corrected chi connectivity index (χ1v) is 3.79. The van der Waals surface area contributed by atoms with Gasteiger partial charge in [-0.05, 0) is 18.1 Å². The van der Waals surface area contributed by atoms with Gasteiger partial charge in [0.2, 0.25) is 0 Å². The van der Waals surface area contributed by atoms with Crippen LogP contribution in [0.2, 0.25) is 0 Å². The topological polar surface area (TPSA) is 12.5 Å². The first kappa shape index (κ1) is 9.69. The van der Waals surface area contributed by atoms with Gasteiger partial charge in [0.05, 0.1) is 6.61 Å². The van der Waals surface area contributed by atoms with E-state index in [0.29, 0.717) is 17.7 Å². The lowest BCUT2D eigenvalue weighted by molar-refractivity contribution is 0.232. The standard InChI is InChI=1S/C7H15NOS/c1-6(2)5-9-7(10)8(3)4/h6H,5H2,1-4H3. The molecule has 0 N–H and O–H groups in total. The van der Waals surface area contributed by atoms with Crippen molar-refractivity contribution in [2.75, 3.05) is 20.7 Å². The molecule has 0 saturated heterocycles. The second-order valence-electron chi connectivity index (χ2n) is 2.87. The number of thiocarbonyl (C=S) groups is 1. The number of hydrogen-bond acceptors (Lipinski definition) is 2. The van der Waals surface area contributed by atoms with Crippen molar-refractivity contribution in [2.24, 2.45) is 5.92 Å². The van der Waals surface area contributed by atoms with E-state index in [4.69, 9.17) is 17.0 Å². The molecule has 0 unspecified atom stereocenters. The molecule has 0 bridgehead atoms. The Bertz CT molecular complexity index is 112. The summed E-state index contributed by atoms with van der Waals surface area (Å²) in [4.78, 5) is 1.79. The van der Waals surface area contributed by atoms with Gasteiger partial charge in [0.1, 0.15) is 0 Å². The zero-order chi connectivity index (χ0) is 8.15. The molecular formula is C7H15NOS. The molecule has 0 radical (unpaired) electrons. The van der Waals surface area contributed by atoms with Gasteiger partial charge in [0, 0.05) is 14.1 Å². The molecule has 0 amide bonds. The van der Waals surface area contributed by atoms with Crippen LogP contribution >= 0.6 is 12.2 Å². The Labute approximate surface area is 68.2 Å². The van der Waals surface area contributed by atoms with E-state index in [1.165, 1.54) is 0 Å². The lowest BCUT2D eigenvalue weighted by Gasteiger charge is -2.15. The second kappa shape index (κ2) is 4.50. The van der Waals surface area contributed by atoms with Crippen LogP contribution in [-0.4, -0.2) is 30.8 Å². The van der Waals surface area contributed by atoms with Gasteiger partial charge < -0.3 is 9.64 Å². The lowest BCUT2D eigenvalue weighted by Crippen LogP contribution is -2.23. The van der Waals surface area contributed by atoms with Crippen LogP contribution in [0, 0.1) is 5.92 Å². The highest BCUT2D eigenvalue weighted by Crippen LogP contribution is 1.94. The molecule has 0 aliphatic heterocycles. The summed E-state index contributed by atoms with van der Waals surface area (Å²) in [6.07, 6.45) is 0. The fraction of sp³-hybridized carbons (Fsp3) is 0.857. The predicted octanol–water partition coefficient (Wildman–Crippen LogP) is 1.51. The molecule has 0 aliphatic rings. The van der Waals surface area contributed by atoms with Crippen LogP contribution in [0.25, 0.3) is 0 Å². The maximum absolute atomic E-state index is 5.22. The van der Waals surface area contributed by atoms with Crippen molar-refractivity contribution in [3.63, 3.8) is 0 Å². The third kappa shape index (κ3) is 4.56. The molecule has 0 atom stereocenters. The van der Waals surface area contributed by atoms with Gasteiger partial charge in [-0.2, -0.15) is 0 Å². The molecule has 60 valence electrons. The quantitative estimate of drug-likeness (QED) is 0.570. The summed E-state index contributed by atoms with van der Waals surface area (Å²) in [6.45, 7) is 4.90. The van der Waals surface area contributed by atoms with Crippen molar-refractivity contribution in [1.29, 1.82) is 0 Å². The maximum Gasteiger partial charge on any atom is 0.258 e. The Morgan fingerprint density at radius 2 is 2.00 bits per heavy atom. The summed E-state index contributed by atoms with van der Waals surface area (Å²) in [5.41, 5.74) is 0. The summed E-state index contributed by atoms with van der Waals surface area (Å²) < 4.78 is 5.22. The van der Waals surface area contributed by atoms with E-state index in [-0.39, 0.29) is 0 Å². The van der Waals surface area contributed by atoms with E-state index < -0.39 is 0 Å². The molecule has 0 aromatic rings. The van der Waals surface area contributed by atoms with Gasteiger partial charge in [-0.15, -0.1) is 0 Å². The molecule has 10 heavy (non-hydrogen) atoms. The van der Waals surface area contributed by atoms with Crippen LogP contribution in [0.5, 0.6) is 0 Å². The molecule has 0 aliphatic carbocycles. The van der Waals surface area contributed by atoms with Crippen molar-refractivity contribution in [1.82, 2.24) is 4.90 Å². The third-order valence-electron chi connectivity index (χ3n) is 0.905. The maximum atomic E-state index is 5.22. The monoisotopic (exact) mass is 161 g/mol. The van der Waals surface area contributed by atoms with Crippen molar-refractivity contribution >= 4 is 17.4 Å². The summed E-state index contributed by atoms with van der Waals surface area (Å²) in [6, 6.07) is 0. The molecule has 0 heterocycles. The fourth-order valence-electron chi connectivity index (χ4n) is 0.367. The Balaban J connectivity index is 3.40. The zero-order valence-electron chi connectivity index (χ0n) is 7.05. The summed E-state index contributed by atoms with van der Waals surface area (Å²) in [5, 5.41) is 0.564. The van der Waals surface area contributed by atoms with Crippen LogP contribution in [0.15, 0.2) is 0 Å². The molecule has 0 rings (SSSR count). The molecule has 2 nitrogen and oxygen atoms in total. The van der Waals surface area contributed by atoms with E-state index in [2.05, 4.69) is 13.8 Å². The van der Waals surface area contributed by atoms with Crippen molar-refractivity contribution in [3.8, 4) is 0 Å². The summed E-state index contributed by atoms with van der Waals surface area (Å²) in [5.74, 6) is 0.540. The molecule has 0 saturated carbocycles. The first-order chi connectivity index (χ1) is 4.54. The van der Waals surface area contributed by atoms with Gasteiger partial charge in [0.25, 0.3) is 5.17 Å². The number of hydrogen-bond donors (Lipinski definition) is 0. The van der Waals surface area contributed by atoms with Gasteiger partial charge in [-0.25, -0.2) is 0 Å². The van der Waals surface area contributed by atoms with E-state index in [1.807, 2.05) is 14.1 Å². The highest BCUT2D eigenvalue weighted by molar-refractivity contribution is 7.80. The SMILES string of the molecule is CC(C)COC(=S)N(C)C. The van der Waals surface area contributed by atoms with Crippen LogP contribution in [0.3, 0.4) is 0 Å². The average Bonchev–Trinajstić information content (AvgIpc) is 1.82. The summed E-state index contributed by atoms with van der Waals surface area (Å²) >= 11 is 4.90. The number of nitrogens with zero attached hydrogens (tertiary/aromatic N) is 1. The summed E-state index contributed by atoms with van der Waals surface area (Å²) in [7, 11) is 3.76. The van der Waals surface area contributed by atoms with Gasteiger partial charge in [-0.1, -0.05) is 13.8 Å². The third-order valence-corrected chi connectivity index (χ3v) is 1.39. The Morgan fingerprint density at radius 3 is 2.30 bits per heavy atom. The Kier molecular flexibility index (Phi) is 4.36. The van der Waals surface area contributed by atoms with E-state index in [9.17, 15) is 0 Å². The number of ether oxygens (including phenoxy) is 1. The fourth-order valence-corrected chi connectivity index (χ4v) is 0.435. The molecule has 3 heteroatoms. The van der Waals surface area contributed by atoms with Gasteiger partial charge in [-0.3, -0.25) is 0 Å². The van der Waals surface area contributed by atoms with Crippen molar-refractivity contribution in [2.45, 2.75) is 13.8 Å². The van der Waals surface area contributed by atoms with Crippen LogP contribution in [-0.2, 0) is 4.74 Å². The minimum atomic E-state index is 0.540. The van der Waals surface area contributed by atoms with E-state index in [1.54, 1.807) is 4.90 Å². The van der Waals surface area contributed by atoms with Crippen LogP contribution in [0.4, 0.5) is 0 Å². The predicted molar refractivity (Wildman–Crippen MR) is 47.1 cm³/mol. The van der Waals surface area contributed by atoms with Crippen LogP contribution in [0.1, 0.15) is 13.8 Å². The Hall–Kier alpha value is -0.310. The normalized spacial score (nSPS) is 9.70. The van der Waals surface area contributed by atoms with Crippen molar-refractivity contribution in [3.05, 3.63) is 0 Å². The van der Waals surface area contributed by atoms with Gasteiger partial charge in [0.15, 0.2) is 0 Å². The van der Waals surface area contributed by atoms with Gasteiger partial charge >= 0.3 is 0 Å². The van der Waals surface area contributed by atoms with E-state index in [0.717, 1.165) is 0 Å². The molecule has 0 aromatic carbocycles. The largest absolute Gasteiger partial charge is 0.471 e. The average molecular weight is 161 g/mol. The first-order valence-electron chi connectivity index (χ1n) is 3.38. The number of rotatable bonds is 2. The second-order valence-corrected chi connectivity index (χ2v) is 3.21.